The highest BCUT2D eigenvalue weighted by Crippen LogP contribution is 2.16. The fourth-order valence-corrected chi connectivity index (χ4v) is 2.52. The molecule has 1 aliphatic rings. The van der Waals surface area contributed by atoms with Crippen LogP contribution in [0.5, 0.6) is 0 Å². The van der Waals surface area contributed by atoms with Gasteiger partial charge in [0, 0.05) is 12.2 Å². The van der Waals surface area contributed by atoms with E-state index in [9.17, 15) is 0 Å². The molecular weight excluding hydrogens is 258 g/mol. The van der Waals surface area contributed by atoms with Crippen LogP contribution in [-0.2, 0) is 6.42 Å². The van der Waals surface area contributed by atoms with Crippen molar-refractivity contribution in [1.82, 2.24) is 15.5 Å². The fourth-order valence-electron chi connectivity index (χ4n) is 2.52. The maximum atomic E-state index is 4.13. The zero-order chi connectivity index (χ0) is 15.1. The van der Waals surface area contributed by atoms with Gasteiger partial charge in [0.1, 0.15) is 0 Å². The molecule has 0 spiro atoms. The first kappa shape index (κ1) is 15.8. The number of hydrogen-bond donors (Lipinski definition) is 2. The first-order valence-electron chi connectivity index (χ1n) is 7.69. The van der Waals surface area contributed by atoms with Crippen molar-refractivity contribution < 1.29 is 0 Å². The zero-order valence-corrected chi connectivity index (χ0v) is 13.2. The molecule has 0 saturated heterocycles. The average molecular weight is 285 g/mol. The molecule has 2 rings (SSSR count). The first-order chi connectivity index (χ1) is 10.1. The predicted octanol–water partition coefficient (Wildman–Crippen LogP) is 2.53. The molecular formula is C18H27N3. The largest absolute Gasteiger partial charge is 0.375 e. The zero-order valence-electron chi connectivity index (χ0n) is 13.2. The second-order valence-corrected chi connectivity index (χ2v) is 5.96. The molecule has 0 fully saturated rings. The normalized spacial score (nSPS) is 17.9. The van der Waals surface area contributed by atoms with Crippen molar-refractivity contribution in [3.8, 4) is 0 Å². The van der Waals surface area contributed by atoms with E-state index < -0.39 is 0 Å². The molecule has 0 aliphatic carbocycles. The van der Waals surface area contributed by atoms with Crippen LogP contribution in [0.3, 0.4) is 0 Å². The topological polar surface area (TPSA) is 27.3 Å². The van der Waals surface area contributed by atoms with Crippen LogP contribution in [0.25, 0.3) is 0 Å². The number of benzene rings is 1. The number of hydrogen-bond acceptors (Lipinski definition) is 3. The molecule has 0 aromatic heterocycles. The lowest BCUT2D eigenvalue weighted by Crippen LogP contribution is -2.35. The van der Waals surface area contributed by atoms with Crippen molar-refractivity contribution in [2.45, 2.75) is 25.3 Å². The van der Waals surface area contributed by atoms with Crippen molar-refractivity contribution in [2.24, 2.45) is 0 Å². The van der Waals surface area contributed by atoms with Crippen molar-refractivity contribution >= 4 is 0 Å². The molecule has 3 heteroatoms. The molecule has 0 radical (unpaired) electrons. The van der Waals surface area contributed by atoms with E-state index in [1.54, 1.807) is 0 Å². The molecule has 1 aromatic rings. The van der Waals surface area contributed by atoms with Crippen LogP contribution in [0.1, 0.15) is 18.4 Å². The molecule has 1 aliphatic heterocycles. The van der Waals surface area contributed by atoms with Gasteiger partial charge in [-0.05, 0) is 38.9 Å². The highest BCUT2D eigenvalue weighted by atomic mass is 15.2. The molecule has 2 N–H and O–H groups in total. The number of nitrogens with zero attached hydrogens (tertiary/aromatic N) is 1. The average Bonchev–Trinajstić information content (AvgIpc) is 2.95. The van der Waals surface area contributed by atoms with Crippen LogP contribution in [0.2, 0.25) is 0 Å². The molecule has 1 heterocycles. The summed E-state index contributed by atoms with van der Waals surface area (Å²) in [6.07, 6.45) is 5.86. The monoisotopic (exact) mass is 285 g/mol. The van der Waals surface area contributed by atoms with Crippen LogP contribution in [0, 0.1) is 0 Å². The number of rotatable bonds is 8. The molecule has 1 atom stereocenters. The smallest absolute Gasteiger partial charge is 0.0671 e. The third kappa shape index (κ3) is 5.37. The quantitative estimate of drug-likeness (QED) is 0.568. The lowest BCUT2D eigenvalue weighted by molar-refractivity contribution is 0.382. The Morgan fingerprint density at radius 2 is 2.05 bits per heavy atom. The lowest BCUT2D eigenvalue weighted by Gasteiger charge is -2.18. The Bertz CT molecular complexity index is 476. The highest BCUT2D eigenvalue weighted by Gasteiger charge is 2.17. The van der Waals surface area contributed by atoms with E-state index in [2.05, 4.69) is 58.5 Å². The second kappa shape index (κ2) is 8.01. The van der Waals surface area contributed by atoms with E-state index in [-0.39, 0.29) is 6.04 Å². The van der Waals surface area contributed by atoms with Crippen LogP contribution in [0.4, 0.5) is 0 Å². The van der Waals surface area contributed by atoms with Gasteiger partial charge in [-0.15, -0.1) is 0 Å². The van der Waals surface area contributed by atoms with E-state index in [0.717, 1.165) is 25.3 Å². The predicted molar refractivity (Wildman–Crippen MR) is 90.1 cm³/mol. The summed E-state index contributed by atoms with van der Waals surface area (Å²) in [7, 11) is 4.10. The maximum Gasteiger partial charge on any atom is 0.0671 e. The van der Waals surface area contributed by atoms with Crippen molar-refractivity contribution in [2.75, 3.05) is 27.3 Å². The summed E-state index contributed by atoms with van der Waals surface area (Å²) in [5, 5.41) is 6.86. The minimum atomic E-state index is 0.275. The highest BCUT2D eigenvalue weighted by molar-refractivity contribution is 5.25. The van der Waals surface area contributed by atoms with E-state index in [4.69, 9.17) is 0 Å². The van der Waals surface area contributed by atoms with E-state index in [1.165, 1.54) is 24.0 Å². The molecule has 114 valence electrons. The summed E-state index contributed by atoms with van der Waals surface area (Å²) in [4.78, 5) is 2.10. The summed E-state index contributed by atoms with van der Waals surface area (Å²) in [6, 6.07) is 11.0. The van der Waals surface area contributed by atoms with Gasteiger partial charge < -0.3 is 10.6 Å². The Labute approximate surface area is 128 Å². The van der Waals surface area contributed by atoms with Crippen LogP contribution in [-0.4, -0.2) is 38.3 Å². The third-order valence-electron chi connectivity index (χ3n) is 3.76. The second-order valence-electron chi connectivity index (χ2n) is 5.96. The molecule has 1 aromatic carbocycles. The van der Waals surface area contributed by atoms with Gasteiger partial charge in [0.2, 0.25) is 0 Å². The van der Waals surface area contributed by atoms with Crippen LogP contribution in [0.15, 0.2) is 54.3 Å². The van der Waals surface area contributed by atoms with Gasteiger partial charge in [-0.25, -0.2) is 0 Å². The Morgan fingerprint density at radius 1 is 1.29 bits per heavy atom. The van der Waals surface area contributed by atoms with E-state index in [1.807, 2.05) is 14.1 Å². The summed E-state index contributed by atoms with van der Waals surface area (Å²) < 4.78 is 0. The van der Waals surface area contributed by atoms with Gasteiger partial charge in [0.15, 0.2) is 0 Å². The number of aryl methyl sites for hydroxylation is 1. The van der Waals surface area contributed by atoms with E-state index >= 15 is 0 Å². The molecule has 21 heavy (non-hydrogen) atoms. The summed E-state index contributed by atoms with van der Waals surface area (Å²) in [5.41, 5.74) is 3.99. The SMILES string of the molecule is C=C(NCN(C)C)C1C=C(CCCc2ccccc2)CN1. The van der Waals surface area contributed by atoms with Gasteiger partial charge >= 0.3 is 0 Å². The van der Waals surface area contributed by atoms with Crippen molar-refractivity contribution in [3.05, 3.63) is 59.8 Å². The maximum absolute atomic E-state index is 4.13. The Morgan fingerprint density at radius 3 is 2.76 bits per heavy atom. The molecule has 0 amide bonds. The van der Waals surface area contributed by atoms with Gasteiger partial charge in [-0.1, -0.05) is 48.6 Å². The standard InChI is InChI=1S/C18H27N3/c1-15(20-14-21(2)3)18-12-17(13-19-18)11-7-10-16-8-5-4-6-9-16/h4-6,8-9,12,18-20H,1,7,10-11,13-14H2,2-3H3. The fraction of sp³-hybridized carbons (Fsp3) is 0.444. The van der Waals surface area contributed by atoms with Gasteiger partial charge in [-0.2, -0.15) is 0 Å². The Hall–Kier alpha value is -1.58. The summed E-state index contributed by atoms with van der Waals surface area (Å²) in [6.45, 7) is 5.94. The van der Waals surface area contributed by atoms with Crippen LogP contribution >= 0.6 is 0 Å². The summed E-state index contributed by atoms with van der Waals surface area (Å²) >= 11 is 0. The minimum absolute atomic E-state index is 0.275. The van der Waals surface area contributed by atoms with Crippen LogP contribution < -0.4 is 10.6 Å². The Balaban J connectivity index is 1.72. The van der Waals surface area contributed by atoms with Gasteiger partial charge in [-0.3, -0.25) is 4.90 Å². The Kier molecular flexibility index (Phi) is 6.03. The van der Waals surface area contributed by atoms with Gasteiger partial charge in [0.05, 0.1) is 12.7 Å². The summed E-state index contributed by atoms with van der Waals surface area (Å²) in [5.74, 6) is 0. The third-order valence-corrected chi connectivity index (χ3v) is 3.76. The minimum Gasteiger partial charge on any atom is -0.375 e. The van der Waals surface area contributed by atoms with Crippen molar-refractivity contribution in [1.29, 1.82) is 0 Å². The molecule has 3 nitrogen and oxygen atoms in total. The van der Waals surface area contributed by atoms with E-state index in [0.29, 0.717) is 0 Å². The lowest BCUT2D eigenvalue weighted by atomic mass is 10.0. The number of nitrogens with one attached hydrogen (secondary N) is 2. The van der Waals surface area contributed by atoms with Crippen molar-refractivity contribution in [3.63, 3.8) is 0 Å². The molecule has 1 unspecified atom stereocenters. The molecule has 0 bridgehead atoms. The molecule has 0 saturated carbocycles. The van der Waals surface area contributed by atoms with Gasteiger partial charge in [0.25, 0.3) is 0 Å². The first-order valence-corrected chi connectivity index (χ1v) is 7.69.